The molecular formula is C3H7N3O3Zn. The van der Waals surface area contributed by atoms with E-state index in [1.807, 2.05) is 0 Å². The van der Waals surface area contributed by atoms with Gasteiger partial charge in [0.1, 0.15) is 0 Å². The minimum atomic E-state index is -0.934. The average Bonchev–Trinajstić information content (AvgIpc) is 1.83. The summed E-state index contributed by atoms with van der Waals surface area (Å²) >= 11 is 0. The Morgan fingerprint density at radius 3 is 2.30 bits per heavy atom. The molecule has 0 fully saturated rings. The molecule has 0 spiro atoms. The van der Waals surface area contributed by atoms with E-state index in [0.29, 0.717) is 0 Å². The van der Waals surface area contributed by atoms with Crippen LogP contribution in [0.25, 0.3) is 0 Å². The minimum Gasteiger partial charge on any atom is -0.349 e. The molecule has 0 rings (SSSR count). The van der Waals surface area contributed by atoms with Crippen LogP contribution >= 0.6 is 0 Å². The molecule has 0 unspecified atom stereocenters. The van der Waals surface area contributed by atoms with E-state index in [0.717, 1.165) is 0 Å². The smallest absolute Gasteiger partial charge is 0.345 e. The second kappa shape index (κ2) is 6.44. The zero-order valence-electron chi connectivity index (χ0n) is 5.29. The maximum Gasteiger partial charge on any atom is 0.345 e. The predicted molar refractivity (Wildman–Crippen MR) is 27.9 cm³/mol. The summed E-state index contributed by atoms with van der Waals surface area (Å²) in [5.74, 6) is -0.742. The Hall–Kier alpha value is -0.677. The zero-order valence-corrected chi connectivity index (χ0v) is 8.26. The van der Waals surface area contributed by atoms with E-state index in [2.05, 4.69) is 10.6 Å². The summed E-state index contributed by atoms with van der Waals surface area (Å²) in [5.41, 5.74) is 10.9. The van der Waals surface area contributed by atoms with Crippen molar-refractivity contribution in [1.29, 1.82) is 0 Å². The van der Waals surface area contributed by atoms with Crippen LogP contribution < -0.4 is 16.9 Å². The largest absolute Gasteiger partial charge is 0.349 e. The number of nitrogens with one attached hydrogen (secondary N) is 1. The fourth-order valence-corrected chi connectivity index (χ4v) is 0.149. The van der Waals surface area contributed by atoms with Crippen LogP contribution in [0.2, 0.25) is 0 Å². The van der Waals surface area contributed by atoms with E-state index in [-0.39, 0.29) is 26.0 Å². The van der Waals surface area contributed by atoms with Crippen molar-refractivity contribution in [3.05, 3.63) is 0 Å². The number of nitrogens with two attached hydrogens (primary N) is 2. The number of rotatable bonds is 1. The van der Waals surface area contributed by atoms with E-state index < -0.39 is 12.0 Å². The van der Waals surface area contributed by atoms with E-state index >= 15 is 0 Å². The molecule has 0 heterocycles. The fraction of sp³-hybridized carbons (Fsp3) is 0.333. The predicted octanol–water partition coefficient (Wildman–Crippen LogP) is -1.93. The molecule has 0 aromatic carbocycles. The summed E-state index contributed by atoms with van der Waals surface area (Å²) in [6, 6.07) is -0.934. The third-order valence-corrected chi connectivity index (χ3v) is 0.432. The van der Waals surface area contributed by atoms with Crippen molar-refractivity contribution < 1.29 is 33.9 Å². The van der Waals surface area contributed by atoms with Gasteiger partial charge in [0, 0.05) is 19.5 Å². The van der Waals surface area contributed by atoms with Crippen LogP contribution in [-0.2, 0) is 29.1 Å². The molecule has 2 amide bonds. The Balaban J connectivity index is 0. The molecule has 0 aromatic heterocycles. The summed E-state index contributed by atoms with van der Waals surface area (Å²) in [6.07, 6.45) is 0. The van der Waals surface area contributed by atoms with Crippen LogP contribution in [0.4, 0.5) is 4.79 Å². The molecule has 7 heteroatoms. The normalized spacial score (nSPS) is 7.30. The van der Waals surface area contributed by atoms with Crippen LogP contribution in [0.1, 0.15) is 0 Å². The first kappa shape index (κ1) is 12.0. The first-order chi connectivity index (χ1) is 4.16. The standard InChI is InChI=1S/C3H7N3O3.Zn/c4-1-2(7)9-6-3(5)8;/h1,4H2,(H3,5,6,8);. The van der Waals surface area contributed by atoms with Gasteiger partial charge in [-0.1, -0.05) is 0 Å². The zero-order chi connectivity index (χ0) is 7.28. The molecule has 54 valence electrons. The Morgan fingerprint density at radius 1 is 1.50 bits per heavy atom. The molecule has 0 aliphatic heterocycles. The Bertz CT molecular complexity index is 128. The van der Waals surface area contributed by atoms with Crippen LogP contribution in [0.5, 0.6) is 0 Å². The molecule has 5 N–H and O–H groups in total. The van der Waals surface area contributed by atoms with Crippen LogP contribution in [0.15, 0.2) is 0 Å². The van der Waals surface area contributed by atoms with Crippen molar-refractivity contribution in [1.82, 2.24) is 5.48 Å². The molecule has 0 radical (unpaired) electrons. The number of hydrogen-bond donors (Lipinski definition) is 3. The van der Waals surface area contributed by atoms with Crippen molar-refractivity contribution in [3.8, 4) is 0 Å². The second-order valence-electron chi connectivity index (χ2n) is 1.14. The molecule has 0 aliphatic rings. The monoisotopic (exact) mass is 197 g/mol. The molecule has 10 heavy (non-hydrogen) atoms. The molecule has 0 saturated heterocycles. The molecule has 0 saturated carbocycles. The van der Waals surface area contributed by atoms with Crippen molar-refractivity contribution in [2.45, 2.75) is 0 Å². The summed E-state index contributed by atoms with van der Waals surface area (Å²) in [6.45, 7) is -0.291. The average molecular weight is 198 g/mol. The van der Waals surface area contributed by atoms with Gasteiger partial charge in [-0.2, -0.15) is 5.48 Å². The maximum atomic E-state index is 10.1. The summed E-state index contributed by atoms with van der Waals surface area (Å²) in [5, 5.41) is 0. The summed E-state index contributed by atoms with van der Waals surface area (Å²) in [4.78, 5) is 23.9. The third kappa shape index (κ3) is 7.32. The number of urea groups is 1. The third-order valence-electron chi connectivity index (χ3n) is 0.432. The van der Waals surface area contributed by atoms with Gasteiger partial charge < -0.3 is 16.3 Å². The first-order valence-electron chi connectivity index (χ1n) is 2.12. The van der Waals surface area contributed by atoms with Gasteiger partial charge in [-0.15, -0.1) is 0 Å². The minimum absolute atomic E-state index is 0. The SMILES string of the molecule is NCC(=O)ONC(N)=O.[Zn]. The van der Waals surface area contributed by atoms with Gasteiger partial charge in [0.05, 0.1) is 6.54 Å². The Morgan fingerprint density at radius 2 is 2.00 bits per heavy atom. The van der Waals surface area contributed by atoms with Gasteiger partial charge in [-0.3, -0.25) is 0 Å². The maximum absolute atomic E-state index is 10.1. The quantitative estimate of drug-likeness (QED) is 0.337. The van der Waals surface area contributed by atoms with Crippen molar-refractivity contribution in [2.24, 2.45) is 11.5 Å². The van der Waals surface area contributed by atoms with Gasteiger partial charge in [0.25, 0.3) is 0 Å². The van der Waals surface area contributed by atoms with Gasteiger partial charge in [-0.05, 0) is 0 Å². The number of hydrogen-bond acceptors (Lipinski definition) is 4. The second-order valence-corrected chi connectivity index (χ2v) is 1.14. The molecule has 0 bridgehead atoms. The molecule has 0 aromatic rings. The van der Waals surface area contributed by atoms with E-state index in [1.54, 1.807) is 5.48 Å². The summed E-state index contributed by atoms with van der Waals surface area (Å²) < 4.78 is 0. The van der Waals surface area contributed by atoms with Crippen LogP contribution in [-0.4, -0.2) is 18.5 Å². The van der Waals surface area contributed by atoms with Crippen LogP contribution in [0, 0.1) is 0 Å². The van der Waals surface area contributed by atoms with E-state index in [9.17, 15) is 9.59 Å². The van der Waals surface area contributed by atoms with E-state index in [1.165, 1.54) is 0 Å². The number of carbonyl (C=O) groups excluding carboxylic acids is 2. The van der Waals surface area contributed by atoms with Gasteiger partial charge >= 0.3 is 12.0 Å². The van der Waals surface area contributed by atoms with E-state index in [4.69, 9.17) is 5.73 Å². The Kier molecular flexibility index (Phi) is 7.76. The topological polar surface area (TPSA) is 107 Å². The van der Waals surface area contributed by atoms with Crippen molar-refractivity contribution in [3.63, 3.8) is 0 Å². The molecule has 0 aliphatic carbocycles. The van der Waals surface area contributed by atoms with Crippen LogP contribution in [0.3, 0.4) is 0 Å². The van der Waals surface area contributed by atoms with Crippen molar-refractivity contribution >= 4 is 12.0 Å². The van der Waals surface area contributed by atoms with Gasteiger partial charge in [0.15, 0.2) is 0 Å². The Labute approximate surface area is 70.0 Å². The van der Waals surface area contributed by atoms with Crippen molar-refractivity contribution in [2.75, 3.05) is 6.54 Å². The first-order valence-corrected chi connectivity index (χ1v) is 2.12. The number of carbonyl (C=O) groups is 2. The molecular weight excluding hydrogens is 191 g/mol. The fourth-order valence-electron chi connectivity index (χ4n) is 0.149. The van der Waals surface area contributed by atoms with Gasteiger partial charge in [0.2, 0.25) is 0 Å². The number of primary amides is 1. The number of amides is 2. The summed E-state index contributed by atoms with van der Waals surface area (Å²) in [7, 11) is 0. The molecule has 6 nitrogen and oxygen atoms in total. The number of hydroxylamine groups is 1. The molecule has 0 atom stereocenters. The van der Waals surface area contributed by atoms with Gasteiger partial charge in [-0.25, -0.2) is 9.59 Å².